The summed E-state index contributed by atoms with van der Waals surface area (Å²) in [5, 5.41) is 0. The van der Waals surface area contributed by atoms with E-state index in [0.717, 1.165) is 18.8 Å². The molecule has 1 aromatic rings. The van der Waals surface area contributed by atoms with Crippen LogP contribution in [0, 0.1) is 0 Å². The van der Waals surface area contributed by atoms with Gasteiger partial charge >= 0.3 is 0 Å². The molecule has 3 heteroatoms. The highest BCUT2D eigenvalue weighted by atomic mass is 15.1. The summed E-state index contributed by atoms with van der Waals surface area (Å²) in [6.45, 7) is 5.24. The summed E-state index contributed by atoms with van der Waals surface area (Å²) in [5.74, 6) is 1.02. The lowest BCUT2D eigenvalue weighted by Gasteiger charge is -2.11. The molecule has 0 aliphatic heterocycles. The van der Waals surface area contributed by atoms with Crippen LogP contribution in [0.5, 0.6) is 0 Å². The lowest BCUT2D eigenvalue weighted by molar-refractivity contribution is 0.542. The number of nitrogens with two attached hydrogens (primary N) is 1. The number of aromatic nitrogens is 2. The van der Waals surface area contributed by atoms with Crippen LogP contribution >= 0.6 is 0 Å². The molecule has 13 heavy (non-hydrogen) atoms. The molecule has 2 N–H and O–H groups in total. The Balaban J connectivity index is 2.59. The summed E-state index contributed by atoms with van der Waals surface area (Å²) in [6.07, 6.45) is 7.22. The van der Waals surface area contributed by atoms with E-state index in [1.165, 1.54) is 12.8 Å². The van der Waals surface area contributed by atoms with Crippen LogP contribution < -0.4 is 5.73 Å². The van der Waals surface area contributed by atoms with Crippen LogP contribution in [0.3, 0.4) is 0 Å². The van der Waals surface area contributed by atoms with Crippen LogP contribution in [0.2, 0.25) is 0 Å². The van der Waals surface area contributed by atoms with Gasteiger partial charge in [0.25, 0.3) is 0 Å². The van der Waals surface area contributed by atoms with Gasteiger partial charge in [-0.3, -0.25) is 0 Å². The Morgan fingerprint density at radius 2 is 2.31 bits per heavy atom. The molecule has 1 atom stereocenters. The first-order valence-electron chi connectivity index (χ1n) is 5.06. The summed E-state index contributed by atoms with van der Waals surface area (Å²) in [6, 6.07) is 0.106. The second-order valence-electron chi connectivity index (χ2n) is 3.32. The van der Waals surface area contributed by atoms with E-state index in [2.05, 4.69) is 23.4 Å². The third-order valence-corrected chi connectivity index (χ3v) is 2.29. The minimum Gasteiger partial charge on any atom is -0.334 e. The largest absolute Gasteiger partial charge is 0.334 e. The van der Waals surface area contributed by atoms with E-state index >= 15 is 0 Å². The quantitative estimate of drug-likeness (QED) is 0.756. The molecular weight excluding hydrogens is 162 g/mol. The van der Waals surface area contributed by atoms with Crippen LogP contribution in [-0.4, -0.2) is 9.55 Å². The zero-order valence-corrected chi connectivity index (χ0v) is 8.53. The van der Waals surface area contributed by atoms with Crippen molar-refractivity contribution >= 4 is 0 Å². The van der Waals surface area contributed by atoms with E-state index in [0.29, 0.717) is 0 Å². The van der Waals surface area contributed by atoms with Crippen LogP contribution in [-0.2, 0) is 6.54 Å². The maximum absolute atomic E-state index is 6.02. The first-order chi connectivity index (χ1) is 6.29. The van der Waals surface area contributed by atoms with Gasteiger partial charge in [-0.2, -0.15) is 0 Å². The Kier molecular flexibility index (Phi) is 3.96. The van der Waals surface area contributed by atoms with Crippen LogP contribution in [0.4, 0.5) is 0 Å². The predicted octanol–water partition coefficient (Wildman–Crippen LogP) is 2.09. The average molecular weight is 181 g/mol. The van der Waals surface area contributed by atoms with E-state index in [9.17, 15) is 0 Å². The molecular formula is C10H19N3. The number of hydrogen-bond donors (Lipinski definition) is 1. The highest BCUT2D eigenvalue weighted by Crippen LogP contribution is 2.14. The molecule has 3 nitrogen and oxygen atoms in total. The van der Waals surface area contributed by atoms with E-state index in [-0.39, 0.29) is 6.04 Å². The van der Waals surface area contributed by atoms with Crippen molar-refractivity contribution in [1.82, 2.24) is 9.55 Å². The van der Waals surface area contributed by atoms with Gasteiger partial charge in [0.05, 0.1) is 6.04 Å². The molecule has 0 amide bonds. The molecule has 0 spiro atoms. The van der Waals surface area contributed by atoms with Gasteiger partial charge in [-0.15, -0.1) is 0 Å². The fraction of sp³-hybridized carbons (Fsp3) is 0.700. The average Bonchev–Trinajstić information content (AvgIpc) is 2.61. The van der Waals surface area contributed by atoms with Crippen LogP contribution in [0.15, 0.2) is 12.4 Å². The number of rotatable bonds is 5. The van der Waals surface area contributed by atoms with Crippen molar-refractivity contribution in [3.63, 3.8) is 0 Å². The predicted molar refractivity (Wildman–Crippen MR) is 54.4 cm³/mol. The van der Waals surface area contributed by atoms with Gasteiger partial charge in [-0.05, 0) is 13.3 Å². The van der Waals surface area contributed by atoms with E-state index in [1.807, 2.05) is 12.4 Å². The topological polar surface area (TPSA) is 43.8 Å². The van der Waals surface area contributed by atoms with E-state index in [1.54, 1.807) is 0 Å². The molecule has 74 valence electrons. The Bertz CT molecular complexity index is 242. The highest BCUT2D eigenvalue weighted by Gasteiger charge is 2.10. The number of hydrogen-bond acceptors (Lipinski definition) is 2. The van der Waals surface area contributed by atoms with Crippen molar-refractivity contribution in [2.45, 2.75) is 45.7 Å². The molecule has 0 bridgehead atoms. The van der Waals surface area contributed by atoms with Gasteiger partial charge in [0.1, 0.15) is 5.82 Å². The number of aryl methyl sites for hydroxylation is 1. The van der Waals surface area contributed by atoms with Gasteiger partial charge in [-0.25, -0.2) is 4.98 Å². The summed E-state index contributed by atoms with van der Waals surface area (Å²) in [7, 11) is 0. The first-order valence-corrected chi connectivity index (χ1v) is 5.06. The Morgan fingerprint density at radius 3 is 2.92 bits per heavy atom. The molecule has 0 aliphatic rings. The Hall–Kier alpha value is -0.830. The molecule has 0 aliphatic carbocycles. The SMILES string of the molecule is CCCCC(N)c1nccn1CC. The molecule has 1 rings (SSSR count). The molecule has 0 saturated carbocycles. The third-order valence-electron chi connectivity index (χ3n) is 2.29. The maximum Gasteiger partial charge on any atom is 0.125 e. The monoisotopic (exact) mass is 181 g/mol. The van der Waals surface area contributed by atoms with Crippen molar-refractivity contribution in [2.24, 2.45) is 5.73 Å². The molecule has 1 heterocycles. The minimum atomic E-state index is 0.106. The van der Waals surface area contributed by atoms with Gasteiger partial charge in [0.2, 0.25) is 0 Å². The van der Waals surface area contributed by atoms with E-state index < -0.39 is 0 Å². The van der Waals surface area contributed by atoms with Crippen LogP contribution in [0.1, 0.15) is 45.0 Å². The van der Waals surface area contributed by atoms with Crippen molar-refractivity contribution in [3.05, 3.63) is 18.2 Å². The van der Waals surface area contributed by atoms with Gasteiger partial charge in [0, 0.05) is 18.9 Å². The third kappa shape index (κ3) is 2.56. The summed E-state index contributed by atoms with van der Waals surface area (Å²) < 4.78 is 2.11. The summed E-state index contributed by atoms with van der Waals surface area (Å²) in [4.78, 5) is 4.28. The molecule has 1 aromatic heterocycles. The molecule has 0 fully saturated rings. The standard InChI is InChI=1S/C10H19N3/c1-3-5-6-9(11)10-12-7-8-13(10)4-2/h7-9H,3-6,11H2,1-2H3. The van der Waals surface area contributed by atoms with Gasteiger partial charge in [-0.1, -0.05) is 19.8 Å². The van der Waals surface area contributed by atoms with Crippen molar-refractivity contribution in [2.75, 3.05) is 0 Å². The summed E-state index contributed by atoms with van der Waals surface area (Å²) in [5.41, 5.74) is 6.02. The molecule has 0 saturated heterocycles. The number of nitrogens with zero attached hydrogens (tertiary/aromatic N) is 2. The Labute approximate surface area is 80.0 Å². The lowest BCUT2D eigenvalue weighted by Crippen LogP contribution is -2.16. The zero-order chi connectivity index (χ0) is 9.68. The van der Waals surface area contributed by atoms with E-state index in [4.69, 9.17) is 5.73 Å². The van der Waals surface area contributed by atoms with Crippen molar-refractivity contribution in [1.29, 1.82) is 0 Å². The summed E-state index contributed by atoms with van der Waals surface area (Å²) >= 11 is 0. The molecule has 0 aromatic carbocycles. The van der Waals surface area contributed by atoms with Crippen molar-refractivity contribution in [3.8, 4) is 0 Å². The second kappa shape index (κ2) is 5.02. The van der Waals surface area contributed by atoms with Gasteiger partial charge in [0.15, 0.2) is 0 Å². The smallest absolute Gasteiger partial charge is 0.125 e. The molecule has 1 unspecified atom stereocenters. The number of unbranched alkanes of at least 4 members (excludes halogenated alkanes) is 1. The fourth-order valence-electron chi connectivity index (χ4n) is 1.47. The minimum absolute atomic E-state index is 0.106. The second-order valence-corrected chi connectivity index (χ2v) is 3.32. The first kappa shape index (κ1) is 10.3. The highest BCUT2D eigenvalue weighted by molar-refractivity contribution is 4.98. The lowest BCUT2D eigenvalue weighted by atomic mass is 10.1. The van der Waals surface area contributed by atoms with Gasteiger partial charge < -0.3 is 10.3 Å². The van der Waals surface area contributed by atoms with Crippen molar-refractivity contribution < 1.29 is 0 Å². The number of imidazole rings is 1. The van der Waals surface area contributed by atoms with Crippen LogP contribution in [0.25, 0.3) is 0 Å². The normalized spacial score (nSPS) is 13.2. The Morgan fingerprint density at radius 1 is 1.54 bits per heavy atom. The zero-order valence-electron chi connectivity index (χ0n) is 8.53. The molecule has 0 radical (unpaired) electrons. The fourth-order valence-corrected chi connectivity index (χ4v) is 1.47. The maximum atomic E-state index is 6.02.